The van der Waals surface area contributed by atoms with Crippen molar-refractivity contribution >= 4 is 35.1 Å². The summed E-state index contributed by atoms with van der Waals surface area (Å²) in [5.41, 5.74) is 4.08. The van der Waals surface area contributed by atoms with Crippen LogP contribution in [0.25, 0.3) is 0 Å². The number of ether oxygens (including phenoxy) is 2. The van der Waals surface area contributed by atoms with Crippen molar-refractivity contribution in [2.24, 2.45) is 17.8 Å². The zero-order valence-electron chi connectivity index (χ0n) is 24.7. The zero-order chi connectivity index (χ0) is 29.3. The molecule has 2 aromatic carbocycles. The summed E-state index contributed by atoms with van der Waals surface area (Å²) in [5, 5.41) is 12.2. The lowest BCUT2D eigenvalue weighted by Gasteiger charge is -2.45. The first kappa shape index (κ1) is 29.9. The first-order valence-corrected chi connectivity index (χ1v) is 16.7. The van der Waals surface area contributed by atoms with Crippen molar-refractivity contribution in [1.29, 1.82) is 0 Å². The van der Waals surface area contributed by atoms with Gasteiger partial charge in [-0.25, -0.2) is 0 Å². The summed E-state index contributed by atoms with van der Waals surface area (Å²) in [6, 6.07) is 12.2. The van der Waals surface area contributed by atoms with Gasteiger partial charge in [-0.05, 0) is 116 Å². The highest BCUT2D eigenvalue weighted by atomic mass is 35.5. The Labute approximate surface area is 259 Å². The molecular formula is C34H43ClN2O4S. The summed E-state index contributed by atoms with van der Waals surface area (Å²) in [5.74, 6) is 1.61. The highest BCUT2D eigenvalue weighted by molar-refractivity contribution is 7.98. The maximum Gasteiger partial charge on any atom is 0.261 e. The molecule has 1 saturated carbocycles. The number of methoxy groups -OCH3 is 1. The van der Waals surface area contributed by atoms with Gasteiger partial charge in [0.2, 0.25) is 0 Å². The molecule has 42 heavy (non-hydrogen) atoms. The van der Waals surface area contributed by atoms with Crippen molar-refractivity contribution in [2.75, 3.05) is 38.3 Å². The molecule has 0 saturated heterocycles. The number of carbonyl (C=O) groups excluding carboxylic acids is 1. The molecule has 1 spiro atoms. The van der Waals surface area contributed by atoms with E-state index in [1.165, 1.54) is 23.1 Å². The molecular weight excluding hydrogens is 568 g/mol. The van der Waals surface area contributed by atoms with Crippen LogP contribution in [0.3, 0.4) is 0 Å². The lowest BCUT2D eigenvalue weighted by Crippen LogP contribution is -2.49. The summed E-state index contributed by atoms with van der Waals surface area (Å²) in [7, 11) is 1.71. The van der Waals surface area contributed by atoms with Crippen molar-refractivity contribution in [3.63, 3.8) is 0 Å². The quantitative estimate of drug-likeness (QED) is 0.302. The second-order valence-electron chi connectivity index (χ2n) is 12.8. The van der Waals surface area contributed by atoms with E-state index in [-0.39, 0.29) is 28.4 Å². The van der Waals surface area contributed by atoms with E-state index in [0.717, 1.165) is 74.5 Å². The van der Waals surface area contributed by atoms with Crippen LogP contribution in [0.15, 0.2) is 48.6 Å². The second-order valence-corrected chi connectivity index (χ2v) is 14.4. The van der Waals surface area contributed by atoms with Gasteiger partial charge in [0.25, 0.3) is 5.91 Å². The second kappa shape index (κ2) is 12.8. The van der Waals surface area contributed by atoms with Gasteiger partial charge in [0.05, 0.1) is 18.4 Å². The fourth-order valence-electron chi connectivity index (χ4n) is 7.42. The maximum atomic E-state index is 13.5. The molecule has 0 unspecified atom stereocenters. The van der Waals surface area contributed by atoms with Gasteiger partial charge in [-0.2, -0.15) is 0 Å². The number of fused-ring (bicyclic) bond motifs is 4. The predicted octanol–water partition coefficient (Wildman–Crippen LogP) is 6.58. The van der Waals surface area contributed by atoms with Gasteiger partial charge in [-0.1, -0.05) is 36.7 Å². The van der Waals surface area contributed by atoms with Crippen LogP contribution in [0.5, 0.6) is 5.75 Å². The largest absolute Gasteiger partial charge is 0.490 e. The number of benzene rings is 2. The number of amides is 1. The molecule has 8 heteroatoms. The number of halogens is 1. The number of nitrogens with one attached hydrogen (secondary N) is 1. The van der Waals surface area contributed by atoms with Crippen LogP contribution in [-0.2, 0) is 16.6 Å². The minimum atomic E-state index is -0.454. The molecule has 2 N–H and O–H groups in total. The van der Waals surface area contributed by atoms with E-state index in [1.54, 1.807) is 7.11 Å². The van der Waals surface area contributed by atoms with E-state index in [4.69, 9.17) is 21.1 Å². The van der Waals surface area contributed by atoms with Crippen LogP contribution >= 0.6 is 23.5 Å². The minimum absolute atomic E-state index is 0.0889. The number of nitrogens with zero attached hydrogens (tertiary/aromatic N) is 1. The van der Waals surface area contributed by atoms with Crippen LogP contribution in [0.2, 0.25) is 5.02 Å². The molecule has 2 bridgehead atoms. The van der Waals surface area contributed by atoms with Gasteiger partial charge < -0.3 is 19.5 Å². The molecule has 1 amide bonds. The van der Waals surface area contributed by atoms with Crippen molar-refractivity contribution in [2.45, 2.75) is 68.6 Å². The van der Waals surface area contributed by atoms with Crippen LogP contribution < -0.4 is 14.4 Å². The van der Waals surface area contributed by atoms with Gasteiger partial charge in [-0.3, -0.25) is 9.52 Å². The van der Waals surface area contributed by atoms with E-state index in [0.29, 0.717) is 24.7 Å². The van der Waals surface area contributed by atoms with Gasteiger partial charge in [0.1, 0.15) is 5.75 Å². The van der Waals surface area contributed by atoms with Crippen molar-refractivity contribution < 1.29 is 19.4 Å². The number of aliphatic hydroxyl groups excluding tert-OH is 1. The first-order chi connectivity index (χ1) is 20.3. The molecule has 4 aliphatic rings. The number of allylic oxidation sites excluding steroid dienone is 1. The van der Waals surface area contributed by atoms with Gasteiger partial charge in [-0.15, -0.1) is 0 Å². The highest BCUT2D eigenvalue weighted by Gasteiger charge is 2.44. The van der Waals surface area contributed by atoms with Gasteiger partial charge in [0.15, 0.2) is 0 Å². The number of hydrogen-bond donors (Lipinski definition) is 2. The van der Waals surface area contributed by atoms with Crippen molar-refractivity contribution in [3.8, 4) is 5.75 Å². The van der Waals surface area contributed by atoms with Crippen LogP contribution in [0, 0.1) is 17.8 Å². The van der Waals surface area contributed by atoms with E-state index < -0.39 is 6.10 Å². The molecule has 0 radical (unpaired) electrons. The van der Waals surface area contributed by atoms with Crippen LogP contribution in [-0.4, -0.2) is 55.8 Å². The number of anilines is 1. The number of carbonyl (C=O) groups is 1. The number of aliphatic hydroxyl groups is 1. The summed E-state index contributed by atoms with van der Waals surface area (Å²) < 4.78 is 15.1. The van der Waals surface area contributed by atoms with Crippen LogP contribution in [0.1, 0.15) is 66.9 Å². The summed E-state index contributed by atoms with van der Waals surface area (Å²) in [4.78, 5) is 15.9. The molecule has 2 aromatic rings. The van der Waals surface area contributed by atoms with E-state index in [2.05, 4.69) is 34.8 Å². The van der Waals surface area contributed by atoms with E-state index in [9.17, 15) is 9.90 Å². The lowest BCUT2D eigenvalue weighted by atomic mass is 9.68. The lowest BCUT2D eigenvalue weighted by molar-refractivity contribution is 0.0454. The van der Waals surface area contributed by atoms with Crippen molar-refractivity contribution in [1.82, 2.24) is 4.72 Å². The standard InChI is InChI=1S/C34H43ClN2O4S/c1-22-5-11-31(38)28-9-6-25(28)19-37-20-34(14-3-4-23-17-26(35)8-10-29(23)34)21-41-32-12-7-24(18-30(32)37)33(39)36-42-27(16-22)13-15-40-2/h5,7-8,10-12,17-18,22,25,27-28,31,38H,3-4,6,9,13-16,19-21H2,1-2H3,(H,36,39)/b11-5-/t22-,25+,27+,28-,31+,34+/m1/s1. The molecule has 0 aromatic heterocycles. The highest BCUT2D eigenvalue weighted by Crippen LogP contribution is 2.46. The molecule has 2 aliphatic heterocycles. The number of hydrogen-bond acceptors (Lipinski definition) is 6. The average Bonchev–Trinajstić information content (AvgIpc) is 3.11. The Bertz CT molecular complexity index is 1320. The summed E-state index contributed by atoms with van der Waals surface area (Å²) >= 11 is 7.90. The normalized spacial score (nSPS) is 32.0. The Morgan fingerprint density at radius 1 is 1.21 bits per heavy atom. The SMILES string of the molecule is COCC[C@H]1C[C@H](C)/C=C\[C@H](O)[C@@H]2CC[C@H]2CN2C[C@@]3(CCCc4cc(Cl)ccc43)COc3ccc(cc32)C(=O)NS1. The minimum Gasteiger partial charge on any atom is -0.490 e. The molecule has 6 nitrogen and oxygen atoms in total. The molecule has 226 valence electrons. The Kier molecular flexibility index (Phi) is 9.11. The van der Waals surface area contributed by atoms with E-state index in [1.807, 2.05) is 30.3 Å². The third kappa shape index (κ3) is 6.21. The number of aryl methyl sites for hydroxylation is 1. The predicted molar refractivity (Wildman–Crippen MR) is 171 cm³/mol. The van der Waals surface area contributed by atoms with Crippen molar-refractivity contribution in [3.05, 3.63) is 70.3 Å². The zero-order valence-corrected chi connectivity index (χ0v) is 26.3. The van der Waals surface area contributed by atoms with Gasteiger partial charge >= 0.3 is 0 Å². The topological polar surface area (TPSA) is 71.0 Å². The third-order valence-corrected chi connectivity index (χ3v) is 11.2. The Balaban J connectivity index is 1.36. The molecule has 1 fully saturated rings. The Morgan fingerprint density at radius 3 is 2.90 bits per heavy atom. The first-order valence-electron chi connectivity index (χ1n) is 15.5. The fraction of sp³-hybridized carbons (Fsp3) is 0.559. The summed E-state index contributed by atoms with van der Waals surface area (Å²) in [6.07, 6.45) is 10.7. The number of rotatable bonds is 3. The molecule has 6 rings (SSSR count). The third-order valence-electron chi connectivity index (χ3n) is 9.90. The molecule has 2 heterocycles. The average molecular weight is 611 g/mol. The van der Waals surface area contributed by atoms with Gasteiger partial charge in [0, 0.05) is 48.1 Å². The van der Waals surface area contributed by atoms with E-state index >= 15 is 0 Å². The maximum absolute atomic E-state index is 13.5. The monoisotopic (exact) mass is 610 g/mol. The smallest absolute Gasteiger partial charge is 0.261 e. The molecule has 6 atom stereocenters. The summed E-state index contributed by atoms with van der Waals surface area (Å²) in [6.45, 7) is 5.04. The Hall–Kier alpha value is -2.19. The fourth-order valence-corrected chi connectivity index (χ4v) is 8.62. The molecule has 2 aliphatic carbocycles. The van der Waals surface area contributed by atoms with Crippen LogP contribution in [0.4, 0.5) is 5.69 Å². The Morgan fingerprint density at radius 2 is 2.10 bits per heavy atom.